The van der Waals surface area contributed by atoms with E-state index < -0.39 is 9.84 Å². The average molecular weight is 207 g/mol. The van der Waals surface area contributed by atoms with Gasteiger partial charge >= 0.3 is 0 Å². The molecule has 0 amide bonds. The van der Waals surface area contributed by atoms with Crippen LogP contribution in [-0.2, 0) is 9.84 Å². The zero-order chi connectivity index (χ0) is 10.7. The lowest BCUT2D eigenvalue weighted by Gasteiger charge is -2.28. The first-order valence-corrected chi connectivity index (χ1v) is 6.64. The van der Waals surface area contributed by atoms with Crippen molar-refractivity contribution in [2.45, 2.75) is 45.7 Å². The van der Waals surface area contributed by atoms with Crippen LogP contribution >= 0.6 is 0 Å². The topological polar surface area (TPSA) is 46.2 Å². The van der Waals surface area contributed by atoms with E-state index in [2.05, 4.69) is 19.2 Å². The maximum Gasteiger partial charge on any atom is 0.147 e. The van der Waals surface area contributed by atoms with Gasteiger partial charge in [0.05, 0.1) is 5.75 Å². The number of sulfone groups is 1. The van der Waals surface area contributed by atoms with Gasteiger partial charge in [0.25, 0.3) is 0 Å². The Labute approximate surface area is 81.8 Å². The van der Waals surface area contributed by atoms with Crippen LogP contribution in [0, 0.1) is 0 Å². The van der Waals surface area contributed by atoms with Crippen molar-refractivity contribution >= 4 is 9.84 Å². The molecule has 3 nitrogen and oxygen atoms in total. The van der Waals surface area contributed by atoms with E-state index in [-0.39, 0.29) is 11.3 Å². The van der Waals surface area contributed by atoms with Crippen LogP contribution < -0.4 is 5.32 Å². The van der Waals surface area contributed by atoms with E-state index in [1.54, 1.807) is 0 Å². The monoisotopic (exact) mass is 207 g/mol. The summed E-state index contributed by atoms with van der Waals surface area (Å²) in [4.78, 5) is 0. The fraction of sp³-hybridized carbons (Fsp3) is 1.00. The summed E-state index contributed by atoms with van der Waals surface area (Å²) in [5.74, 6) is 0.250. The Balaban J connectivity index is 4.04. The van der Waals surface area contributed by atoms with E-state index in [0.717, 1.165) is 0 Å². The Morgan fingerprint density at radius 1 is 1.31 bits per heavy atom. The summed E-state index contributed by atoms with van der Waals surface area (Å²) in [6.45, 7) is 8.17. The molecule has 0 unspecified atom stereocenters. The third-order valence-electron chi connectivity index (χ3n) is 1.78. The van der Waals surface area contributed by atoms with Crippen LogP contribution in [0.3, 0.4) is 0 Å². The molecule has 0 radical (unpaired) electrons. The molecule has 0 bridgehead atoms. The number of rotatable bonds is 5. The van der Waals surface area contributed by atoms with Crippen LogP contribution in [0.15, 0.2) is 0 Å². The van der Waals surface area contributed by atoms with Gasteiger partial charge in [-0.1, -0.05) is 13.8 Å². The highest BCUT2D eigenvalue weighted by Gasteiger charge is 2.20. The Bertz CT molecular complexity index is 242. The van der Waals surface area contributed by atoms with Crippen LogP contribution in [0.2, 0.25) is 0 Å². The predicted molar refractivity (Wildman–Crippen MR) is 56.7 cm³/mol. The second-order valence-electron chi connectivity index (χ2n) is 4.56. The molecule has 0 saturated carbocycles. The first kappa shape index (κ1) is 12.9. The highest BCUT2D eigenvalue weighted by atomic mass is 32.2. The van der Waals surface area contributed by atoms with Crippen molar-refractivity contribution in [2.24, 2.45) is 0 Å². The van der Waals surface area contributed by atoms with E-state index in [1.165, 1.54) is 6.26 Å². The molecule has 0 fully saturated rings. The minimum atomic E-state index is -2.83. The molecule has 4 heteroatoms. The van der Waals surface area contributed by atoms with Crippen LogP contribution in [-0.4, -0.2) is 32.0 Å². The van der Waals surface area contributed by atoms with Crippen LogP contribution in [0.25, 0.3) is 0 Å². The molecule has 0 aromatic rings. The fourth-order valence-electron chi connectivity index (χ4n) is 1.29. The third-order valence-corrected chi connectivity index (χ3v) is 2.72. The summed E-state index contributed by atoms with van der Waals surface area (Å²) in [7, 11) is -2.83. The lowest BCUT2D eigenvalue weighted by molar-refractivity contribution is 0.345. The van der Waals surface area contributed by atoms with E-state index in [1.807, 2.05) is 13.8 Å². The van der Waals surface area contributed by atoms with Gasteiger partial charge in [-0.3, -0.25) is 0 Å². The number of nitrogens with one attached hydrogen (secondary N) is 1. The van der Waals surface area contributed by atoms with Crippen LogP contribution in [0.4, 0.5) is 0 Å². The molecule has 0 rings (SSSR count). The first-order chi connectivity index (χ1) is 5.62. The van der Waals surface area contributed by atoms with E-state index >= 15 is 0 Å². The molecular formula is C9H21NO2S. The van der Waals surface area contributed by atoms with Crippen molar-refractivity contribution in [3.05, 3.63) is 0 Å². The lowest BCUT2D eigenvalue weighted by atomic mass is 10.0. The molecule has 0 aliphatic rings. The molecule has 0 saturated heterocycles. The summed E-state index contributed by atoms with van der Waals surface area (Å²) < 4.78 is 21.9. The van der Waals surface area contributed by atoms with Crippen LogP contribution in [0.5, 0.6) is 0 Å². The van der Waals surface area contributed by atoms with E-state index in [9.17, 15) is 8.42 Å². The summed E-state index contributed by atoms with van der Waals surface area (Å²) in [5, 5.41) is 3.33. The van der Waals surface area contributed by atoms with E-state index in [4.69, 9.17) is 0 Å². The van der Waals surface area contributed by atoms with Gasteiger partial charge in [0.1, 0.15) is 9.84 Å². The van der Waals surface area contributed by atoms with Gasteiger partial charge in [-0.2, -0.15) is 0 Å². The van der Waals surface area contributed by atoms with Gasteiger partial charge in [0.2, 0.25) is 0 Å². The van der Waals surface area contributed by atoms with Gasteiger partial charge in [-0.15, -0.1) is 0 Å². The SMILES string of the molecule is CC(C)NC(C)(C)CCS(C)(=O)=O. The maximum atomic E-state index is 10.9. The fourth-order valence-corrected chi connectivity index (χ4v) is 2.18. The van der Waals surface area contributed by atoms with Crippen molar-refractivity contribution in [3.63, 3.8) is 0 Å². The molecule has 0 aromatic heterocycles. The molecule has 0 aromatic carbocycles. The number of hydrogen-bond acceptors (Lipinski definition) is 3. The highest BCUT2D eigenvalue weighted by Crippen LogP contribution is 2.10. The third kappa shape index (κ3) is 8.25. The van der Waals surface area contributed by atoms with Crippen molar-refractivity contribution in [1.82, 2.24) is 5.32 Å². The molecule has 0 aliphatic carbocycles. The summed E-state index contributed by atoms with van der Waals surface area (Å²) in [5.41, 5.74) is -0.1000. The molecule has 0 aliphatic heterocycles. The largest absolute Gasteiger partial charge is 0.310 e. The Kier molecular flexibility index (Phi) is 4.39. The zero-order valence-corrected chi connectivity index (χ0v) is 10.0. The predicted octanol–water partition coefficient (Wildman–Crippen LogP) is 1.20. The quantitative estimate of drug-likeness (QED) is 0.737. The van der Waals surface area contributed by atoms with Gasteiger partial charge in [-0.25, -0.2) is 8.42 Å². The lowest BCUT2D eigenvalue weighted by Crippen LogP contribution is -2.44. The van der Waals surface area contributed by atoms with Crippen molar-refractivity contribution in [1.29, 1.82) is 0 Å². The molecule has 1 N–H and O–H groups in total. The molecule has 13 heavy (non-hydrogen) atoms. The molecule has 80 valence electrons. The first-order valence-electron chi connectivity index (χ1n) is 4.58. The number of hydrogen-bond donors (Lipinski definition) is 1. The summed E-state index contributed by atoms with van der Waals surface area (Å²) >= 11 is 0. The normalized spacial score (nSPS) is 13.7. The van der Waals surface area contributed by atoms with Gasteiger partial charge in [0.15, 0.2) is 0 Å². The Morgan fingerprint density at radius 2 is 1.77 bits per heavy atom. The highest BCUT2D eigenvalue weighted by molar-refractivity contribution is 7.90. The smallest absolute Gasteiger partial charge is 0.147 e. The molecule has 0 spiro atoms. The van der Waals surface area contributed by atoms with Crippen molar-refractivity contribution in [2.75, 3.05) is 12.0 Å². The van der Waals surface area contributed by atoms with Gasteiger partial charge < -0.3 is 5.32 Å². The molecular weight excluding hydrogens is 186 g/mol. The summed E-state index contributed by atoms with van der Waals surface area (Å²) in [6, 6.07) is 0.384. The average Bonchev–Trinajstić information content (AvgIpc) is 1.79. The molecule has 0 atom stereocenters. The van der Waals surface area contributed by atoms with E-state index in [0.29, 0.717) is 12.5 Å². The van der Waals surface area contributed by atoms with Gasteiger partial charge in [-0.05, 0) is 20.3 Å². The minimum Gasteiger partial charge on any atom is -0.310 e. The van der Waals surface area contributed by atoms with Crippen molar-refractivity contribution in [3.8, 4) is 0 Å². The Hall–Kier alpha value is -0.0900. The van der Waals surface area contributed by atoms with Crippen LogP contribution in [0.1, 0.15) is 34.1 Å². The van der Waals surface area contributed by atoms with Crippen molar-refractivity contribution < 1.29 is 8.42 Å². The Morgan fingerprint density at radius 3 is 2.08 bits per heavy atom. The maximum absolute atomic E-state index is 10.9. The zero-order valence-electron chi connectivity index (χ0n) is 9.22. The second kappa shape index (κ2) is 4.42. The minimum absolute atomic E-state index is 0.1000. The standard InChI is InChI=1S/C9H21NO2S/c1-8(2)10-9(3,4)6-7-13(5,11)12/h8,10H,6-7H2,1-5H3. The molecule has 0 heterocycles. The summed E-state index contributed by atoms with van der Waals surface area (Å²) in [6.07, 6.45) is 1.93. The second-order valence-corrected chi connectivity index (χ2v) is 6.82. The van der Waals surface area contributed by atoms with Gasteiger partial charge in [0, 0.05) is 17.8 Å².